The summed E-state index contributed by atoms with van der Waals surface area (Å²) in [6.45, 7) is 3.19. The van der Waals surface area contributed by atoms with E-state index in [2.05, 4.69) is 27.3 Å². The van der Waals surface area contributed by atoms with Crippen molar-refractivity contribution in [1.29, 1.82) is 0 Å². The molecule has 2 saturated carbocycles. The summed E-state index contributed by atoms with van der Waals surface area (Å²) in [5, 5.41) is 22.6. The van der Waals surface area contributed by atoms with Crippen LogP contribution in [0.5, 0.6) is 0 Å². The van der Waals surface area contributed by atoms with Crippen LogP contribution in [-0.4, -0.2) is 47.8 Å². The molecule has 0 amide bonds. The summed E-state index contributed by atoms with van der Waals surface area (Å²) in [5.74, 6) is 2.29. The maximum absolute atomic E-state index is 11.1. The van der Waals surface area contributed by atoms with E-state index in [0.717, 1.165) is 38.4 Å². The van der Waals surface area contributed by atoms with Crippen LogP contribution in [0.4, 0.5) is 11.4 Å². The van der Waals surface area contributed by atoms with E-state index in [1.54, 1.807) is 12.1 Å². The van der Waals surface area contributed by atoms with Gasteiger partial charge in [-0.05, 0) is 42.7 Å². The zero-order chi connectivity index (χ0) is 18.9. The van der Waals surface area contributed by atoms with E-state index >= 15 is 0 Å². The highest BCUT2D eigenvalue weighted by atomic mass is 16.6. The molecule has 1 aromatic rings. The van der Waals surface area contributed by atoms with E-state index in [4.69, 9.17) is 9.85 Å². The van der Waals surface area contributed by atoms with Gasteiger partial charge < -0.3 is 4.74 Å². The van der Waals surface area contributed by atoms with Crippen LogP contribution in [-0.2, 0) is 4.74 Å². The van der Waals surface area contributed by atoms with Gasteiger partial charge in [-0.3, -0.25) is 15.0 Å². The number of nitro groups is 1. The fraction of sp³-hybridized carbons (Fsp3) is 0.600. The number of hydrogen-bond acceptors (Lipinski definition) is 7. The average Bonchev–Trinajstić information content (AvgIpc) is 3.46. The maximum Gasteiger partial charge on any atom is 0.269 e. The Morgan fingerprint density at radius 2 is 1.96 bits per heavy atom. The van der Waals surface area contributed by atoms with Gasteiger partial charge in [0.05, 0.1) is 23.8 Å². The van der Waals surface area contributed by atoms with E-state index in [9.17, 15) is 10.1 Å². The molecule has 8 nitrogen and oxygen atoms in total. The van der Waals surface area contributed by atoms with Crippen molar-refractivity contribution in [2.75, 3.05) is 31.3 Å². The van der Waals surface area contributed by atoms with Gasteiger partial charge in [-0.25, -0.2) is 5.01 Å². The second-order valence-electron chi connectivity index (χ2n) is 8.53. The molecule has 0 radical (unpaired) electrons. The summed E-state index contributed by atoms with van der Waals surface area (Å²) < 4.78 is 5.64. The van der Waals surface area contributed by atoms with Crippen molar-refractivity contribution in [1.82, 2.24) is 4.90 Å². The Labute approximate surface area is 163 Å². The fourth-order valence-corrected chi connectivity index (χ4v) is 6.65. The fourth-order valence-electron chi connectivity index (χ4n) is 6.65. The topological polar surface area (TPSA) is 83.6 Å². The van der Waals surface area contributed by atoms with Crippen molar-refractivity contribution in [3.63, 3.8) is 0 Å². The molecular formula is C20H23N5O3. The molecular weight excluding hydrogens is 358 g/mol. The number of anilines is 1. The van der Waals surface area contributed by atoms with Crippen molar-refractivity contribution in [3.8, 4) is 0 Å². The highest BCUT2D eigenvalue weighted by Crippen LogP contribution is 2.66. The lowest BCUT2D eigenvalue weighted by Gasteiger charge is -2.53. The SMILES string of the molecule is O=[N+]([O-])c1ccc(N2N=N[C@@H]3[C@H]4C[C@@H]([C@@H]5C=CC[C@@H]54)[C@@]32N2CCOCC2)cc1. The molecule has 0 N–H and O–H groups in total. The summed E-state index contributed by atoms with van der Waals surface area (Å²) in [7, 11) is 0. The number of hydrogen-bond donors (Lipinski definition) is 0. The number of nitro benzene ring substituents is 1. The third-order valence-corrected chi connectivity index (χ3v) is 7.62. The molecule has 2 heterocycles. The number of fused-ring (bicyclic) bond motifs is 8. The molecule has 3 aliphatic carbocycles. The third kappa shape index (κ3) is 1.97. The molecule has 5 aliphatic rings. The van der Waals surface area contributed by atoms with Crippen LogP contribution in [0.25, 0.3) is 0 Å². The Kier molecular flexibility index (Phi) is 3.47. The number of nitrogens with zero attached hydrogens (tertiary/aromatic N) is 5. The molecule has 6 atom stereocenters. The molecule has 28 heavy (non-hydrogen) atoms. The average molecular weight is 381 g/mol. The number of ether oxygens (including phenoxy) is 1. The molecule has 6 rings (SSSR count). The first-order chi connectivity index (χ1) is 13.7. The van der Waals surface area contributed by atoms with Crippen LogP contribution in [0.2, 0.25) is 0 Å². The van der Waals surface area contributed by atoms with Gasteiger partial charge in [0.15, 0.2) is 0 Å². The zero-order valence-corrected chi connectivity index (χ0v) is 15.6. The summed E-state index contributed by atoms with van der Waals surface area (Å²) in [6.07, 6.45) is 7.11. The smallest absolute Gasteiger partial charge is 0.269 e. The Morgan fingerprint density at radius 1 is 1.18 bits per heavy atom. The molecule has 2 aliphatic heterocycles. The second kappa shape index (κ2) is 5.84. The number of benzene rings is 1. The van der Waals surface area contributed by atoms with Gasteiger partial charge in [-0.2, -0.15) is 5.11 Å². The molecule has 0 aromatic heterocycles. The van der Waals surface area contributed by atoms with Crippen molar-refractivity contribution in [3.05, 3.63) is 46.5 Å². The van der Waals surface area contributed by atoms with Gasteiger partial charge in [0.25, 0.3) is 5.69 Å². The molecule has 0 spiro atoms. The first kappa shape index (κ1) is 16.6. The van der Waals surface area contributed by atoms with Gasteiger partial charge >= 0.3 is 0 Å². The molecule has 8 heteroatoms. The van der Waals surface area contributed by atoms with E-state index in [1.165, 1.54) is 6.42 Å². The van der Waals surface area contributed by atoms with E-state index < -0.39 is 0 Å². The van der Waals surface area contributed by atoms with Crippen molar-refractivity contribution < 1.29 is 9.66 Å². The van der Waals surface area contributed by atoms with Crippen LogP contribution < -0.4 is 5.01 Å². The Hall–Kier alpha value is -2.32. The van der Waals surface area contributed by atoms with Gasteiger partial charge in [0, 0.05) is 31.1 Å². The van der Waals surface area contributed by atoms with Gasteiger partial charge in [-0.15, -0.1) is 0 Å². The predicted octanol–water partition coefficient (Wildman–Crippen LogP) is 3.02. The standard InChI is InChI=1S/C20H23N5O3/c26-25(27)14-6-4-13(5-7-14)24-20(23-8-10-28-11-9-23)18-12-17(19(20)21-22-24)15-2-1-3-16(15)18/h1,3-7,15-19H,2,8-12H2/t15-,16+,17-,18-,19+,20-/m0/s1. The van der Waals surface area contributed by atoms with Crippen LogP contribution in [0, 0.1) is 33.8 Å². The Morgan fingerprint density at radius 3 is 2.71 bits per heavy atom. The van der Waals surface area contributed by atoms with Crippen LogP contribution in [0.1, 0.15) is 12.8 Å². The number of non-ortho nitro benzene ring substituents is 1. The zero-order valence-electron chi connectivity index (χ0n) is 15.6. The second-order valence-corrected chi connectivity index (χ2v) is 8.53. The molecule has 0 unspecified atom stereocenters. The minimum absolute atomic E-state index is 0.101. The van der Waals surface area contributed by atoms with Gasteiger partial charge in [-0.1, -0.05) is 17.4 Å². The molecule has 1 saturated heterocycles. The molecule has 146 valence electrons. The summed E-state index contributed by atoms with van der Waals surface area (Å²) in [5.41, 5.74) is 0.707. The molecule has 1 aromatic carbocycles. The van der Waals surface area contributed by atoms with Crippen LogP contribution in [0.3, 0.4) is 0 Å². The summed E-state index contributed by atoms with van der Waals surface area (Å²) >= 11 is 0. The predicted molar refractivity (Wildman–Crippen MR) is 102 cm³/mol. The highest BCUT2D eigenvalue weighted by molar-refractivity contribution is 5.55. The quantitative estimate of drug-likeness (QED) is 0.457. The van der Waals surface area contributed by atoms with Crippen LogP contribution >= 0.6 is 0 Å². The maximum atomic E-state index is 11.1. The van der Waals surface area contributed by atoms with E-state index in [0.29, 0.717) is 23.7 Å². The lowest BCUT2D eigenvalue weighted by Crippen LogP contribution is -2.69. The van der Waals surface area contributed by atoms with Crippen molar-refractivity contribution >= 4 is 11.4 Å². The summed E-state index contributed by atoms with van der Waals surface area (Å²) in [6, 6.07) is 6.92. The van der Waals surface area contributed by atoms with Crippen molar-refractivity contribution in [2.45, 2.75) is 24.5 Å². The molecule has 2 bridgehead atoms. The highest BCUT2D eigenvalue weighted by Gasteiger charge is 2.72. The summed E-state index contributed by atoms with van der Waals surface area (Å²) in [4.78, 5) is 13.3. The normalized spacial score (nSPS) is 40.9. The lowest BCUT2D eigenvalue weighted by atomic mass is 9.71. The number of rotatable bonds is 3. The van der Waals surface area contributed by atoms with Crippen LogP contribution in [0.15, 0.2) is 46.8 Å². The number of morpholine rings is 1. The van der Waals surface area contributed by atoms with Gasteiger partial charge in [0.2, 0.25) is 0 Å². The van der Waals surface area contributed by atoms with Gasteiger partial charge in [0.1, 0.15) is 11.7 Å². The Bertz CT molecular complexity index is 865. The lowest BCUT2D eigenvalue weighted by molar-refractivity contribution is -0.384. The van der Waals surface area contributed by atoms with Crippen molar-refractivity contribution in [2.24, 2.45) is 34.0 Å². The minimum atomic E-state index is -0.360. The van der Waals surface area contributed by atoms with E-state index in [1.807, 2.05) is 12.1 Å². The largest absolute Gasteiger partial charge is 0.379 e. The minimum Gasteiger partial charge on any atom is -0.379 e. The number of allylic oxidation sites excluding steroid dienone is 2. The third-order valence-electron chi connectivity index (χ3n) is 7.62. The first-order valence-corrected chi connectivity index (χ1v) is 10.2. The first-order valence-electron chi connectivity index (χ1n) is 10.2. The Balaban J connectivity index is 1.45. The monoisotopic (exact) mass is 381 g/mol. The van der Waals surface area contributed by atoms with E-state index in [-0.39, 0.29) is 22.3 Å². The molecule has 3 fully saturated rings.